The zero-order valence-corrected chi connectivity index (χ0v) is 20.4. The Morgan fingerprint density at radius 2 is 1.07 bits per heavy atom. The van der Waals surface area contributed by atoms with E-state index in [0.717, 1.165) is 0 Å². The van der Waals surface area contributed by atoms with Crippen LogP contribution in [0.5, 0.6) is 0 Å². The van der Waals surface area contributed by atoms with Crippen LogP contribution in [0, 0.1) is 0 Å². The number of aromatic nitrogens is 2. The average molecular weight is 406 g/mol. The number of nitrogens with zero attached hydrogens (tertiary/aromatic N) is 2. The van der Waals surface area contributed by atoms with E-state index in [2.05, 4.69) is 42.3 Å². The first kappa shape index (κ1) is 26.2. The van der Waals surface area contributed by atoms with Crippen LogP contribution in [0.15, 0.2) is 12.4 Å². The fraction of sp³-hybridized carbons (Fsp3) is 0.889. The van der Waals surface area contributed by atoms with Crippen LogP contribution in [0.4, 0.5) is 0 Å². The van der Waals surface area contributed by atoms with Gasteiger partial charge in [-0.1, -0.05) is 104 Å². The van der Waals surface area contributed by atoms with Crippen molar-refractivity contribution in [3.05, 3.63) is 18.2 Å². The Balaban J connectivity index is 2.44. The molecule has 0 atom stereocenters. The van der Waals surface area contributed by atoms with Crippen molar-refractivity contribution in [1.29, 1.82) is 0 Å². The molecule has 1 heterocycles. The van der Waals surface area contributed by atoms with E-state index in [1.54, 1.807) is 5.82 Å². The minimum atomic E-state index is 1.22. The van der Waals surface area contributed by atoms with E-state index < -0.39 is 0 Å². The monoisotopic (exact) mass is 405 g/mol. The van der Waals surface area contributed by atoms with E-state index in [0.29, 0.717) is 0 Å². The van der Waals surface area contributed by atoms with Crippen LogP contribution in [0.3, 0.4) is 0 Å². The van der Waals surface area contributed by atoms with Crippen LogP contribution in [-0.4, -0.2) is 4.57 Å². The Kier molecular flexibility index (Phi) is 17.4. The van der Waals surface area contributed by atoms with Gasteiger partial charge in [0.15, 0.2) is 0 Å². The molecule has 0 amide bonds. The van der Waals surface area contributed by atoms with Gasteiger partial charge in [0.1, 0.15) is 12.4 Å². The van der Waals surface area contributed by atoms with Crippen molar-refractivity contribution in [3.8, 4) is 0 Å². The van der Waals surface area contributed by atoms with E-state index in [9.17, 15) is 0 Å². The maximum absolute atomic E-state index is 2.59. The first-order chi connectivity index (χ1) is 14.3. The lowest BCUT2D eigenvalue weighted by Crippen LogP contribution is -2.37. The number of rotatable bonds is 21. The van der Waals surface area contributed by atoms with Crippen LogP contribution in [-0.2, 0) is 19.5 Å². The van der Waals surface area contributed by atoms with Gasteiger partial charge in [-0.25, -0.2) is 9.13 Å². The third-order valence-corrected chi connectivity index (χ3v) is 6.35. The SMILES string of the molecule is CCCCCCCCc1n(CCCCCCCC)cc[n+]1CCCCCCCC. The molecule has 0 aliphatic heterocycles. The minimum Gasteiger partial charge on any atom is -0.234 e. The lowest BCUT2D eigenvalue weighted by atomic mass is 10.1. The van der Waals surface area contributed by atoms with Crippen molar-refractivity contribution in [2.45, 2.75) is 156 Å². The van der Waals surface area contributed by atoms with Crippen molar-refractivity contribution in [1.82, 2.24) is 4.57 Å². The Morgan fingerprint density at radius 1 is 0.586 bits per heavy atom. The molecular formula is C27H53N2+. The van der Waals surface area contributed by atoms with Crippen molar-refractivity contribution in [2.75, 3.05) is 0 Å². The lowest BCUT2D eigenvalue weighted by molar-refractivity contribution is -0.704. The first-order valence-corrected chi connectivity index (χ1v) is 13.4. The van der Waals surface area contributed by atoms with Gasteiger partial charge in [-0.15, -0.1) is 0 Å². The third kappa shape index (κ3) is 13.2. The molecule has 0 saturated carbocycles. The van der Waals surface area contributed by atoms with E-state index in [1.807, 2.05) is 0 Å². The summed E-state index contributed by atoms with van der Waals surface area (Å²) >= 11 is 0. The summed E-state index contributed by atoms with van der Waals surface area (Å²) in [5, 5.41) is 0. The van der Waals surface area contributed by atoms with Crippen molar-refractivity contribution in [3.63, 3.8) is 0 Å². The largest absolute Gasteiger partial charge is 0.256 e. The zero-order chi connectivity index (χ0) is 21.0. The molecule has 0 radical (unpaired) electrons. The highest BCUT2D eigenvalue weighted by Crippen LogP contribution is 2.12. The van der Waals surface area contributed by atoms with E-state index in [4.69, 9.17) is 0 Å². The smallest absolute Gasteiger partial charge is 0.234 e. The van der Waals surface area contributed by atoms with Gasteiger partial charge in [0.2, 0.25) is 0 Å². The van der Waals surface area contributed by atoms with E-state index in [1.165, 1.54) is 135 Å². The standard InChI is InChI=1S/C27H53N2/c1-4-7-10-13-16-19-22-27-28(23-20-17-14-11-8-5-2)25-26-29(27)24-21-18-15-12-9-6-3/h25-26H,4-24H2,1-3H3/q+1. The Bertz CT molecular complexity index is 430. The molecule has 0 aliphatic carbocycles. The van der Waals surface area contributed by atoms with Gasteiger partial charge in [0.25, 0.3) is 5.82 Å². The summed E-state index contributed by atoms with van der Waals surface area (Å²) in [5.41, 5.74) is 0. The van der Waals surface area contributed by atoms with Gasteiger partial charge in [-0.05, 0) is 32.1 Å². The average Bonchev–Trinajstić information content (AvgIpc) is 3.11. The highest BCUT2D eigenvalue weighted by molar-refractivity contribution is 4.84. The molecule has 2 heteroatoms. The summed E-state index contributed by atoms with van der Waals surface area (Å²) in [7, 11) is 0. The minimum absolute atomic E-state index is 1.22. The maximum atomic E-state index is 2.59. The molecular weight excluding hydrogens is 352 g/mol. The van der Waals surface area contributed by atoms with E-state index in [-0.39, 0.29) is 0 Å². The molecule has 0 aliphatic rings. The fourth-order valence-electron chi connectivity index (χ4n) is 4.38. The van der Waals surface area contributed by atoms with Gasteiger partial charge in [0.05, 0.1) is 13.1 Å². The highest BCUT2D eigenvalue weighted by atomic mass is 15.1. The molecule has 0 bridgehead atoms. The summed E-state index contributed by atoms with van der Waals surface area (Å²) in [5.74, 6) is 1.60. The molecule has 0 saturated heterocycles. The first-order valence-electron chi connectivity index (χ1n) is 13.4. The molecule has 0 unspecified atom stereocenters. The molecule has 0 fully saturated rings. The van der Waals surface area contributed by atoms with Crippen LogP contribution < -0.4 is 4.57 Å². The summed E-state index contributed by atoms with van der Waals surface area (Å²) < 4.78 is 5.17. The zero-order valence-electron chi connectivity index (χ0n) is 20.4. The van der Waals surface area contributed by atoms with Crippen LogP contribution in [0.2, 0.25) is 0 Å². The Hall–Kier alpha value is -0.790. The third-order valence-electron chi connectivity index (χ3n) is 6.35. The summed E-state index contributed by atoms with van der Waals surface area (Å²) in [4.78, 5) is 0. The second kappa shape index (κ2) is 19.2. The van der Waals surface area contributed by atoms with Crippen molar-refractivity contribution >= 4 is 0 Å². The molecule has 0 aromatic carbocycles. The normalized spacial score (nSPS) is 11.4. The summed E-state index contributed by atoms with van der Waals surface area (Å²) in [6, 6.07) is 0. The molecule has 170 valence electrons. The molecule has 0 spiro atoms. The van der Waals surface area contributed by atoms with E-state index >= 15 is 0 Å². The number of unbranched alkanes of at least 4 members (excludes halogenated alkanes) is 15. The number of aryl methyl sites for hydroxylation is 2. The molecule has 2 nitrogen and oxygen atoms in total. The second-order valence-corrected chi connectivity index (χ2v) is 9.15. The second-order valence-electron chi connectivity index (χ2n) is 9.15. The van der Waals surface area contributed by atoms with Crippen LogP contribution in [0.1, 0.15) is 142 Å². The van der Waals surface area contributed by atoms with Gasteiger partial charge in [0, 0.05) is 6.42 Å². The van der Waals surface area contributed by atoms with Gasteiger partial charge >= 0.3 is 0 Å². The summed E-state index contributed by atoms with van der Waals surface area (Å²) in [6.45, 7) is 9.36. The van der Waals surface area contributed by atoms with Crippen LogP contribution >= 0.6 is 0 Å². The highest BCUT2D eigenvalue weighted by Gasteiger charge is 2.16. The van der Waals surface area contributed by atoms with Gasteiger partial charge < -0.3 is 0 Å². The Morgan fingerprint density at radius 3 is 1.66 bits per heavy atom. The van der Waals surface area contributed by atoms with Gasteiger partial charge in [-0.3, -0.25) is 0 Å². The molecule has 1 aromatic heterocycles. The molecule has 1 rings (SSSR count). The Labute approximate surface area is 183 Å². The molecule has 0 N–H and O–H groups in total. The maximum Gasteiger partial charge on any atom is 0.256 e. The molecule has 29 heavy (non-hydrogen) atoms. The quantitative estimate of drug-likeness (QED) is 0.143. The predicted molar refractivity (Wildman–Crippen MR) is 128 cm³/mol. The number of imidazole rings is 1. The number of hydrogen-bond donors (Lipinski definition) is 0. The number of hydrogen-bond acceptors (Lipinski definition) is 0. The summed E-state index contributed by atoms with van der Waals surface area (Å²) in [6.07, 6.45) is 31.0. The predicted octanol–water partition coefficient (Wildman–Crippen LogP) is 8.40. The lowest BCUT2D eigenvalue weighted by Gasteiger charge is -2.07. The van der Waals surface area contributed by atoms with Crippen molar-refractivity contribution in [2.24, 2.45) is 0 Å². The topological polar surface area (TPSA) is 8.81 Å². The van der Waals surface area contributed by atoms with Crippen LogP contribution in [0.25, 0.3) is 0 Å². The fourth-order valence-corrected chi connectivity index (χ4v) is 4.38. The van der Waals surface area contributed by atoms with Crippen molar-refractivity contribution < 1.29 is 4.57 Å². The molecule has 1 aromatic rings. The van der Waals surface area contributed by atoms with Gasteiger partial charge in [-0.2, -0.15) is 0 Å².